The fourth-order valence-corrected chi connectivity index (χ4v) is 5.61. The van der Waals surface area contributed by atoms with E-state index in [2.05, 4.69) is 37.2 Å². The lowest BCUT2D eigenvalue weighted by Crippen LogP contribution is -2.57. The van der Waals surface area contributed by atoms with Crippen molar-refractivity contribution in [3.8, 4) is 5.75 Å². The second-order valence-electron chi connectivity index (χ2n) is 8.81. The van der Waals surface area contributed by atoms with Crippen LogP contribution in [0.4, 0.5) is 21.9 Å². The molecule has 1 heterocycles. The SMILES string of the molecule is O=C(COc1c(Br)cc(C=C2C(=O)N(c3ccccc3)C(=O)N(c3ccccc3)C2=O)cc1Br)Nc1ccccc1. The number of carbonyl (C=O) groups excluding carboxylic acids is 4. The molecule has 0 unspecified atom stereocenters. The van der Waals surface area contributed by atoms with Crippen LogP contribution >= 0.6 is 31.9 Å². The Morgan fingerprint density at radius 1 is 0.732 bits per heavy atom. The molecule has 5 amide bonds. The highest BCUT2D eigenvalue weighted by atomic mass is 79.9. The summed E-state index contributed by atoms with van der Waals surface area (Å²) in [4.78, 5) is 54.9. The Bertz CT molecular complexity index is 1570. The largest absolute Gasteiger partial charge is 0.481 e. The highest BCUT2D eigenvalue weighted by Crippen LogP contribution is 2.36. The molecule has 0 aromatic heterocycles. The fourth-order valence-electron chi connectivity index (χ4n) is 4.16. The summed E-state index contributed by atoms with van der Waals surface area (Å²) in [5.41, 5.74) is 1.60. The number of nitrogens with zero attached hydrogens (tertiary/aromatic N) is 2. The monoisotopic (exact) mass is 673 g/mol. The second kappa shape index (κ2) is 12.3. The topological polar surface area (TPSA) is 96.0 Å². The third-order valence-electron chi connectivity index (χ3n) is 6.02. The van der Waals surface area contributed by atoms with E-state index in [4.69, 9.17) is 4.74 Å². The number of carbonyl (C=O) groups is 4. The van der Waals surface area contributed by atoms with E-state index in [1.54, 1.807) is 84.9 Å². The van der Waals surface area contributed by atoms with Gasteiger partial charge in [0.2, 0.25) is 0 Å². The van der Waals surface area contributed by atoms with Gasteiger partial charge in [0.1, 0.15) is 11.3 Å². The van der Waals surface area contributed by atoms with Crippen molar-refractivity contribution in [2.45, 2.75) is 0 Å². The van der Waals surface area contributed by atoms with Gasteiger partial charge in [0, 0.05) is 5.69 Å². The number of hydrogen-bond acceptors (Lipinski definition) is 5. The van der Waals surface area contributed by atoms with Gasteiger partial charge in [-0.1, -0.05) is 54.6 Å². The maximum Gasteiger partial charge on any atom is 0.343 e. The van der Waals surface area contributed by atoms with Gasteiger partial charge in [0.15, 0.2) is 6.61 Å². The summed E-state index contributed by atoms with van der Waals surface area (Å²) in [5, 5.41) is 2.75. The van der Waals surface area contributed by atoms with E-state index in [-0.39, 0.29) is 18.1 Å². The van der Waals surface area contributed by atoms with E-state index in [1.165, 1.54) is 6.08 Å². The molecule has 5 rings (SSSR count). The summed E-state index contributed by atoms with van der Waals surface area (Å²) in [6.45, 7) is -0.246. The molecule has 1 aliphatic rings. The molecule has 0 radical (unpaired) electrons. The molecule has 8 nitrogen and oxygen atoms in total. The Labute approximate surface area is 252 Å². The van der Waals surface area contributed by atoms with Crippen LogP contribution in [-0.4, -0.2) is 30.4 Å². The van der Waals surface area contributed by atoms with E-state index < -0.39 is 17.8 Å². The van der Waals surface area contributed by atoms with Gasteiger partial charge >= 0.3 is 6.03 Å². The van der Waals surface area contributed by atoms with Gasteiger partial charge in [0.05, 0.1) is 20.3 Å². The third kappa shape index (κ3) is 6.13. The van der Waals surface area contributed by atoms with Crippen molar-refractivity contribution in [3.05, 3.63) is 123 Å². The number of barbiturate groups is 1. The number of para-hydroxylation sites is 3. The molecular formula is C31H21Br2N3O5. The highest BCUT2D eigenvalue weighted by molar-refractivity contribution is 9.11. The molecule has 41 heavy (non-hydrogen) atoms. The third-order valence-corrected chi connectivity index (χ3v) is 7.19. The fraction of sp³-hybridized carbons (Fsp3) is 0.0323. The number of rotatable bonds is 7. The van der Waals surface area contributed by atoms with Crippen LogP contribution in [-0.2, 0) is 14.4 Å². The predicted molar refractivity (Wildman–Crippen MR) is 164 cm³/mol. The summed E-state index contributed by atoms with van der Waals surface area (Å²) in [5.74, 6) is -1.47. The molecule has 1 saturated heterocycles. The normalized spacial score (nSPS) is 13.3. The molecule has 0 atom stereocenters. The zero-order chi connectivity index (χ0) is 28.9. The van der Waals surface area contributed by atoms with Crippen molar-refractivity contribution in [1.29, 1.82) is 0 Å². The summed E-state index contributed by atoms with van der Waals surface area (Å²) in [6, 6.07) is 28.4. The molecule has 0 spiro atoms. The molecule has 0 saturated carbocycles. The van der Waals surface area contributed by atoms with Crippen molar-refractivity contribution in [1.82, 2.24) is 0 Å². The summed E-state index contributed by atoms with van der Waals surface area (Å²) in [6.07, 6.45) is 1.42. The molecule has 0 aliphatic carbocycles. The molecule has 1 aliphatic heterocycles. The number of benzene rings is 4. The number of halogens is 2. The lowest BCUT2D eigenvalue weighted by molar-refractivity contribution is -0.121. The van der Waals surface area contributed by atoms with Crippen molar-refractivity contribution in [3.63, 3.8) is 0 Å². The Balaban J connectivity index is 1.45. The smallest absolute Gasteiger partial charge is 0.343 e. The molecule has 1 N–H and O–H groups in total. The van der Waals surface area contributed by atoms with Crippen LogP contribution in [0.15, 0.2) is 118 Å². The van der Waals surface area contributed by atoms with E-state index in [9.17, 15) is 19.2 Å². The standard InChI is InChI=1S/C31H21Br2N3O5/c32-25-17-20(18-26(33)28(25)41-19-27(37)34-21-10-4-1-5-11-21)16-24-29(38)35(22-12-6-2-7-13-22)31(40)36(30(24)39)23-14-8-3-9-15-23/h1-18H,19H2,(H,34,37). The van der Waals surface area contributed by atoms with Crippen molar-refractivity contribution < 1.29 is 23.9 Å². The number of anilines is 3. The lowest BCUT2D eigenvalue weighted by atomic mass is 10.0. The van der Waals surface area contributed by atoms with Crippen LogP contribution < -0.4 is 19.9 Å². The van der Waals surface area contributed by atoms with Crippen LogP contribution in [0.2, 0.25) is 0 Å². The maximum atomic E-state index is 13.6. The first-order chi connectivity index (χ1) is 19.8. The Morgan fingerprint density at radius 2 is 1.20 bits per heavy atom. The number of nitrogens with one attached hydrogen (secondary N) is 1. The number of amides is 5. The van der Waals surface area contributed by atoms with E-state index in [0.29, 0.717) is 37.3 Å². The van der Waals surface area contributed by atoms with Crippen LogP contribution in [0, 0.1) is 0 Å². The zero-order valence-corrected chi connectivity index (χ0v) is 24.5. The quantitative estimate of drug-likeness (QED) is 0.172. The Hall–Kier alpha value is -4.54. The minimum atomic E-state index is -0.769. The van der Waals surface area contributed by atoms with Crippen molar-refractivity contribution in [2.24, 2.45) is 0 Å². The highest BCUT2D eigenvalue weighted by Gasteiger charge is 2.43. The van der Waals surface area contributed by atoms with Gasteiger partial charge < -0.3 is 10.1 Å². The van der Waals surface area contributed by atoms with Gasteiger partial charge in [-0.3, -0.25) is 14.4 Å². The van der Waals surface area contributed by atoms with Gasteiger partial charge in [-0.05, 0) is 92.0 Å². The van der Waals surface area contributed by atoms with Crippen LogP contribution in [0.3, 0.4) is 0 Å². The molecular weight excluding hydrogens is 654 g/mol. The molecule has 204 valence electrons. The Kier molecular flexibility index (Phi) is 8.42. The second-order valence-corrected chi connectivity index (χ2v) is 10.5. The maximum absolute atomic E-state index is 13.6. The predicted octanol–water partition coefficient (Wildman–Crippen LogP) is 6.81. The van der Waals surface area contributed by atoms with Gasteiger partial charge in [-0.15, -0.1) is 0 Å². The minimum Gasteiger partial charge on any atom is -0.481 e. The first-order valence-corrected chi connectivity index (χ1v) is 13.9. The van der Waals surface area contributed by atoms with Crippen LogP contribution in [0.5, 0.6) is 5.75 Å². The average Bonchev–Trinajstić information content (AvgIpc) is 2.96. The summed E-state index contributed by atoms with van der Waals surface area (Å²) >= 11 is 6.91. The lowest BCUT2D eigenvalue weighted by Gasteiger charge is -2.34. The van der Waals surface area contributed by atoms with Gasteiger partial charge in [-0.2, -0.15) is 0 Å². The first kappa shape index (κ1) is 28.0. The molecule has 0 bridgehead atoms. The summed E-state index contributed by atoms with van der Waals surface area (Å²) in [7, 11) is 0. The van der Waals surface area contributed by atoms with E-state index in [0.717, 1.165) is 9.80 Å². The molecule has 10 heteroatoms. The number of ether oxygens (including phenoxy) is 1. The van der Waals surface area contributed by atoms with Gasteiger partial charge in [-0.25, -0.2) is 14.6 Å². The van der Waals surface area contributed by atoms with Crippen LogP contribution in [0.1, 0.15) is 5.56 Å². The summed E-state index contributed by atoms with van der Waals surface area (Å²) < 4.78 is 6.70. The first-order valence-electron chi connectivity index (χ1n) is 12.3. The van der Waals surface area contributed by atoms with Crippen LogP contribution in [0.25, 0.3) is 6.08 Å². The molecule has 4 aromatic carbocycles. The van der Waals surface area contributed by atoms with E-state index in [1.807, 2.05) is 18.2 Å². The van der Waals surface area contributed by atoms with Crippen molar-refractivity contribution >= 4 is 78.8 Å². The molecule has 1 fully saturated rings. The van der Waals surface area contributed by atoms with E-state index >= 15 is 0 Å². The average molecular weight is 675 g/mol. The Morgan fingerprint density at radius 3 is 1.68 bits per heavy atom. The number of imide groups is 2. The number of urea groups is 1. The van der Waals surface area contributed by atoms with Gasteiger partial charge in [0.25, 0.3) is 17.7 Å². The van der Waals surface area contributed by atoms with Crippen molar-refractivity contribution in [2.75, 3.05) is 21.7 Å². The minimum absolute atomic E-state index is 0.202. The number of hydrogen-bond donors (Lipinski definition) is 1. The zero-order valence-electron chi connectivity index (χ0n) is 21.3. The molecule has 4 aromatic rings.